The molecule has 0 bridgehead atoms. The zero-order valence-electron chi connectivity index (χ0n) is 28.3. The molecule has 262 valence electrons. The number of halogens is 2. The van der Waals surface area contributed by atoms with E-state index in [9.17, 15) is 13.6 Å². The van der Waals surface area contributed by atoms with Gasteiger partial charge >= 0.3 is 6.01 Å². The molecule has 4 aliphatic rings. The summed E-state index contributed by atoms with van der Waals surface area (Å²) < 4.78 is 42.2. The fourth-order valence-electron chi connectivity index (χ4n) is 7.92. The van der Waals surface area contributed by atoms with Gasteiger partial charge in [-0.25, -0.2) is 18.7 Å². The van der Waals surface area contributed by atoms with Crippen molar-refractivity contribution in [2.75, 3.05) is 54.1 Å². The van der Waals surface area contributed by atoms with Crippen molar-refractivity contribution >= 4 is 23.2 Å². The lowest BCUT2D eigenvalue weighted by molar-refractivity contribution is -0.117. The van der Waals surface area contributed by atoms with E-state index < -0.39 is 17.5 Å². The number of ether oxygens (including phenoxy) is 2. The van der Waals surface area contributed by atoms with Gasteiger partial charge in [-0.3, -0.25) is 4.79 Å². The summed E-state index contributed by atoms with van der Waals surface area (Å²) in [5, 5.41) is 3.08. The first-order valence-electron chi connectivity index (χ1n) is 17.3. The maximum atomic E-state index is 14.9. The van der Waals surface area contributed by atoms with Crippen LogP contribution < -0.4 is 29.5 Å². The molecule has 0 radical (unpaired) electrons. The summed E-state index contributed by atoms with van der Waals surface area (Å²) in [6.07, 6.45) is 14.2. The highest BCUT2D eigenvalue weighted by atomic mass is 19.1. The number of alkyl halides is 1. The number of hydrogen-bond acceptors (Lipinski definition) is 10. The number of terminal acetylenes is 1. The number of nitrogens with one attached hydrogen (secondary N) is 1. The molecule has 50 heavy (non-hydrogen) atoms. The topological polar surface area (TPSA) is 109 Å². The number of benzene rings is 1. The monoisotopic (exact) mass is 684 g/mol. The van der Waals surface area contributed by atoms with Gasteiger partial charge in [0.2, 0.25) is 5.91 Å². The highest BCUT2D eigenvalue weighted by Gasteiger charge is 2.44. The molecule has 2 saturated heterocycles. The van der Waals surface area contributed by atoms with E-state index in [-0.39, 0.29) is 49.1 Å². The number of carbonyl (C=O) groups is 1. The second-order valence-electron chi connectivity index (χ2n) is 13.7. The molecule has 3 aromatic rings. The van der Waals surface area contributed by atoms with Gasteiger partial charge in [-0.2, -0.15) is 9.97 Å². The van der Waals surface area contributed by atoms with Crippen molar-refractivity contribution in [2.24, 2.45) is 0 Å². The van der Waals surface area contributed by atoms with E-state index >= 15 is 0 Å². The fourth-order valence-corrected chi connectivity index (χ4v) is 7.92. The molecule has 2 fully saturated rings. The Morgan fingerprint density at radius 2 is 2.12 bits per heavy atom. The molecule has 1 aliphatic carbocycles. The van der Waals surface area contributed by atoms with Crippen LogP contribution in [0.4, 0.5) is 26.1 Å². The minimum atomic E-state index is -1.05. The summed E-state index contributed by atoms with van der Waals surface area (Å²) >= 11 is 0. The molecule has 7 rings (SSSR count). The van der Waals surface area contributed by atoms with Gasteiger partial charge in [0.15, 0.2) is 0 Å². The first-order valence-corrected chi connectivity index (χ1v) is 17.3. The number of fused-ring (bicyclic) bond motifs is 2. The van der Waals surface area contributed by atoms with Gasteiger partial charge in [0.05, 0.1) is 35.6 Å². The van der Waals surface area contributed by atoms with Gasteiger partial charge in [0.25, 0.3) is 0 Å². The molecule has 2 aromatic heterocycles. The average Bonchev–Trinajstić information content (AvgIpc) is 3.27. The predicted molar refractivity (Wildman–Crippen MR) is 186 cm³/mol. The van der Waals surface area contributed by atoms with E-state index in [2.05, 4.69) is 37.6 Å². The molecule has 11 nitrogen and oxygen atoms in total. The standard InChI is InChI=1S/C37H42F2N8O3/c1-4-27-29(39)11-12-31-34(27)46(16-17-49-31)26-9-10-28-30(18-26)43-36(44-35(28)45-15-7-6-8-25(21-45)42-33(48)5-2)50-22-37(3)19-24(38)20-47(37)32-13-14-40-23-41-32/h1,5,11-14,23-26H,2,6-10,15-22H2,3H3,(H,42,48)/t24-,25?,26+,37+/m1/s1. The van der Waals surface area contributed by atoms with Crippen molar-refractivity contribution in [3.8, 4) is 24.1 Å². The lowest BCUT2D eigenvalue weighted by atomic mass is 9.89. The van der Waals surface area contributed by atoms with Crippen molar-refractivity contribution in [1.29, 1.82) is 0 Å². The Morgan fingerprint density at radius 3 is 2.92 bits per heavy atom. The number of aromatic nitrogens is 4. The van der Waals surface area contributed by atoms with E-state index in [1.54, 1.807) is 18.3 Å². The molecular formula is C37H42F2N8O3. The first-order chi connectivity index (χ1) is 24.3. The predicted octanol–water partition coefficient (Wildman–Crippen LogP) is 4.19. The van der Waals surface area contributed by atoms with Crippen LogP contribution in [-0.2, 0) is 17.6 Å². The molecule has 1 unspecified atom stereocenters. The summed E-state index contributed by atoms with van der Waals surface area (Å²) in [5.74, 6) is 3.88. The van der Waals surface area contributed by atoms with E-state index in [0.717, 1.165) is 49.3 Å². The van der Waals surface area contributed by atoms with Crippen LogP contribution in [0.25, 0.3) is 0 Å². The number of hydrogen-bond donors (Lipinski definition) is 1. The third-order valence-electron chi connectivity index (χ3n) is 10.3. The van der Waals surface area contributed by atoms with Crippen LogP contribution in [-0.4, -0.2) is 89.0 Å². The zero-order chi connectivity index (χ0) is 34.8. The Kier molecular flexibility index (Phi) is 9.44. The third-order valence-corrected chi connectivity index (χ3v) is 10.3. The summed E-state index contributed by atoms with van der Waals surface area (Å²) in [6.45, 7) is 8.27. The Labute approximate surface area is 291 Å². The van der Waals surface area contributed by atoms with Gasteiger partial charge < -0.3 is 29.5 Å². The summed E-state index contributed by atoms with van der Waals surface area (Å²) in [4.78, 5) is 37.0. The Bertz CT molecular complexity index is 1790. The quantitative estimate of drug-likeness (QED) is 0.274. The molecule has 1 amide bonds. The van der Waals surface area contributed by atoms with E-state index in [4.69, 9.17) is 25.9 Å². The number of anilines is 3. The van der Waals surface area contributed by atoms with Crippen molar-refractivity contribution in [3.05, 3.63) is 66.0 Å². The van der Waals surface area contributed by atoms with Crippen LogP contribution in [0, 0.1) is 18.2 Å². The largest absolute Gasteiger partial charge is 0.490 e. The van der Waals surface area contributed by atoms with Crippen LogP contribution in [0.2, 0.25) is 0 Å². The Balaban J connectivity index is 1.22. The summed E-state index contributed by atoms with van der Waals surface area (Å²) in [5.41, 5.74) is 1.98. The van der Waals surface area contributed by atoms with Crippen LogP contribution in [0.5, 0.6) is 11.8 Å². The number of carbonyl (C=O) groups excluding carboxylic acids is 1. The maximum absolute atomic E-state index is 14.9. The highest BCUT2D eigenvalue weighted by Crippen LogP contribution is 2.41. The molecular weight excluding hydrogens is 642 g/mol. The second-order valence-corrected chi connectivity index (χ2v) is 13.7. The van der Waals surface area contributed by atoms with Gasteiger partial charge in [-0.05, 0) is 63.3 Å². The SMILES string of the molecule is C#Cc1c(F)ccc2c1N([C@H]1CCc3c(nc(OC[C@]4(C)C[C@@H](F)CN4c4ccncn4)nc3N3CCCCC(NC(=O)C=C)C3)C1)CCO2. The Morgan fingerprint density at radius 1 is 1.24 bits per heavy atom. The third kappa shape index (κ3) is 6.63. The van der Waals surface area contributed by atoms with Gasteiger partial charge in [-0.15, -0.1) is 6.42 Å². The van der Waals surface area contributed by atoms with Crippen molar-refractivity contribution in [3.63, 3.8) is 0 Å². The first kappa shape index (κ1) is 33.5. The lowest BCUT2D eigenvalue weighted by Crippen LogP contribution is -2.47. The normalized spacial score (nSPS) is 24.7. The lowest BCUT2D eigenvalue weighted by Gasteiger charge is -2.41. The number of amides is 1. The smallest absolute Gasteiger partial charge is 0.318 e. The minimum absolute atomic E-state index is 0.0219. The fraction of sp³-hybridized carbons (Fsp3) is 0.486. The van der Waals surface area contributed by atoms with Crippen molar-refractivity contribution in [2.45, 2.75) is 75.7 Å². The molecule has 4 atom stereocenters. The molecule has 0 saturated carbocycles. The van der Waals surface area contributed by atoms with Crippen LogP contribution in [0.15, 0.2) is 43.4 Å². The average molecular weight is 685 g/mol. The van der Waals surface area contributed by atoms with Crippen LogP contribution >= 0.6 is 0 Å². The van der Waals surface area contributed by atoms with Crippen LogP contribution in [0.3, 0.4) is 0 Å². The zero-order valence-corrected chi connectivity index (χ0v) is 28.3. The van der Waals surface area contributed by atoms with Gasteiger partial charge in [0.1, 0.15) is 48.9 Å². The molecule has 3 aliphatic heterocycles. The van der Waals surface area contributed by atoms with Gasteiger partial charge in [-0.1, -0.05) is 12.5 Å². The molecule has 13 heteroatoms. The second kappa shape index (κ2) is 14.1. The molecule has 5 heterocycles. The van der Waals surface area contributed by atoms with Crippen LogP contribution in [0.1, 0.15) is 55.8 Å². The number of rotatable bonds is 8. The molecule has 0 spiro atoms. The summed E-state index contributed by atoms with van der Waals surface area (Å²) in [7, 11) is 0. The maximum Gasteiger partial charge on any atom is 0.318 e. The minimum Gasteiger partial charge on any atom is -0.490 e. The van der Waals surface area contributed by atoms with Crippen molar-refractivity contribution < 1.29 is 23.0 Å². The van der Waals surface area contributed by atoms with E-state index in [0.29, 0.717) is 49.8 Å². The van der Waals surface area contributed by atoms with Crippen molar-refractivity contribution in [1.82, 2.24) is 25.3 Å². The van der Waals surface area contributed by atoms with Gasteiger partial charge in [0, 0.05) is 49.8 Å². The Hall–Kier alpha value is -4.99. The highest BCUT2D eigenvalue weighted by molar-refractivity contribution is 5.87. The summed E-state index contributed by atoms with van der Waals surface area (Å²) in [6, 6.07) is 4.87. The molecule has 1 N–H and O–H groups in total. The van der Waals surface area contributed by atoms with E-state index in [1.165, 1.54) is 18.5 Å². The molecule has 1 aromatic carbocycles. The van der Waals surface area contributed by atoms with E-state index in [1.807, 2.05) is 11.8 Å². The number of nitrogens with zero attached hydrogens (tertiary/aromatic N) is 7.